The normalized spacial score (nSPS) is 20.9. The quantitative estimate of drug-likeness (QED) is 0.856. The van der Waals surface area contributed by atoms with E-state index in [0.29, 0.717) is 11.1 Å². The molecular formula is C13H14FNO2. The van der Waals surface area contributed by atoms with Gasteiger partial charge in [0, 0.05) is 18.5 Å². The van der Waals surface area contributed by atoms with E-state index in [9.17, 15) is 9.18 Å². The van der Waals surface area contributed by atoms with Gasteiger partial charge in [0.1, 0.15) is 5.82 Å². The van der Waals surface area contributed by atoms with Crippen LogP contribution in [0.1, 0.15) is 29.6 Å². The number of carboxylic acids is 1. The molecule has 1 heterocycles. The fraction of sp³-hybridized carbons (Fsp3) is 0.462. The van der Waals surface area contributed by atoms with Crippen molar-refractivity contribution < 1.29 is 14.3 Å². The number of rotatable bonds is 2. The molecule has 1 spiro atoms. The summed E-state index contributed by atoms with van der Waals surface area (Å²) in [5.41, 5.74) is 1.15. The Kier molecular flexibility index (Phi) is 2.15. The maximum absolute atomic E-state index is 13.0. The fourth-order valence-corrected chi connectivity index (χ4v) is 2.88. The molecule has 4 heteroatoms. The largest absolute Gasteiger partial charge is 0.478 e. The molecule has 3 nitrogen and oxygen atoms in total. The van der Waals surface area contributed by atoms with Gasteiger partial charge in [0.15, 0.2) is 0 Å². The van der Waals surface area contributed by atoms with E-state index >= 15 is 0 Å². The summed E-state index contributed by atoms with van der Waals surface area (Å²) >= 11 is 0. The molecule has 1 N–H and O–H groups in total. The number of nitrogens with zero attached hydrogens (tertiary/aromatic N) is 1. The van der Waals surface area contributed by atoms with Crippen molar-refractivity contribution in [1.29, 1.82) is 0 Å². The summed E-state index contributed by atoms with van der Waals surface area (Å²) in [6.45, 7) is 1.83. The van der Waals surface area contributed by atoms with Crippen molar-refractivity contribution in [2.75, 3.05) is 18.0 Å². The lowest BCUT2D eigenvalue weighted by molar-refractivity contribution is 0.0689. The number of benzene rings is 1. The van der Waals surface area contributed by atoms with Crippen molar-refractivity contribution in [2.24, 2.45) is 5.41 Å². The highest BCUT2D eigenvalue weighted by molar-refractivity contribution is 5.94. The van der Waals surface area contributed by atoms with E-state index in [1.807, 2.05) is 4.90 Å². The smallest absolute Gasteiger partial charge is 0.337 e. The minimum Gasteiger partial charge on any atom is -0.478 e. The third-order valence-corrected chi connectivity index (χ3v) is 4.00. The van der Waals surface area contributed by atoms with Gasteiger partial charge in [-0.2, -0.15) is 0 Å². The van der Waals surface area contributed by atoms with Gasteiger partial charge in [-0.3, -0.25) is 0 Å². The highest BCUT2D eigenvalue weighted by Gasteiger charge is 2.47. The first-order chi connectivity index (χ1) is 8.10. The topological polar surface area (TPSA) is 40.5 Å². The first kappa shape index (κ1) is 10.6. The van der Waals surface area contributed by atoms with Crippen LogP contribution in [0.5, 0.6) is 0 Å². The van der Waals surface area contributed by atoms with Crippen LogP contribution in [-0.2, 0) is 0 Å². The Labute approximate surface area is 98.9 Å². The maximum atomic E-state index is 13.0. The lowest BCUT2D eigenvalue weighted by Gasteiger charge is -2.57. The Balaban J connectivity index is 1.85. The van der Waals surface area contributed by atoms with Crippen LogP contribution in [0.2, 0.25) is 0 Å². The summed E-state index contributed by atoms with van der Waals surface area (Å²) in [4.78, 5) is 13.1. The molecule has 1 saturated carbocycles. The molecule has 1 saturated heterocycles. The Morgan fingerprint density at radius 3 is 2.59 bits per heavy atom. The fourth-order valence-electron chi connectivity index (χ4n) is 2.88. The monoisotopic (exact) mass is 235 g/mol. The minimum absolute atomic E-state index is 0.0687. The van der Waals surface area contributed by atoms with Crippen molar-refractivity contribution in [3.63, 3.8) is 0 Å². The van der Waals surface area contributed by atoms with Gasteiger partial charge < -0.3 is 10.0 Å². The number of aromatic carboxylic acids is 1. The van der Waals surface area contributed by atoms with Gasteiger partial charge >= 0.3 is 5.97 Å². The maximum Gasteiger partial charge on any atom is 0.337 e. The molecule has 0 bridgehead atoms. The van der Waals surface area contributed by atoms with Crippen LogP contribution >= 0.6 is 0 Å². The van der Waals surface area contributed by atoms with E-state index in [0.717, 1.165) is 19.2 Å². The number of carbonyl (C=O) groups is 1. The van der Waals surface area contributed by atoms with Crippen molar-refractivity contribution in [3.8, 4) is 0 Å². The summed E-state index contributed by atoms with van der Waals surface area (Å²) in [6.07, 6.45) is 3.77. The molecule has 2 aliphatic rings. The zero-order chi connectivity index (χ0) is 12.0. The van der Waals surface area contributed by atoms with Crippen LogP contribution in [0.4, 0.5) is 10.1 Å². The molecule has 17 heavy (non-hydrogen) atoms. The standard InChI is InChI=1S/C13H14FNO2/c14-9-2-3-11(10(6-9)12(16)17)15-7-13(8-15)4-1-5-13/h2-3,6H,1,4-5,7-8H2,(H,16,17). The molecule has 3 rings (SSSR count). The minimum atomic E-state index is -1.06. The van der Waals surface area contributed by atoms with E-state index < -0.39 is 11.8 Å². The van der Waals surface area contributed by atoms with Gasteiger partial charge in [-0.15, -0.1) is 0 Å². The van der Waals surface area contributed by atoms with Crippen molar-refractivity contribution in [2.45, 2.75) is 19.3 Å². The molecule has 2 fully saturated rings. The van der Waals surface area contributed by atoms with E-state index in [1.54, 1.807) is 6.07 Å². The van der Waals surface area contributed by atoms with Gasteiger partial charge in [0.05, 0.1) is 11.3 Å². The Bertz CT molecular complexity index is 474. The molecule has 0 atom stereocenters. The number of carboxylic acid groups (broad SMARTS) is 1. The van der Waals surface area contributed by atoms with Crippen LogP contribution < -0.4 is 4.90 Å². The molecular weight excluding hydrogens is 221 g/mol. The van der Waals surface area contributed by atoms with Crippen molar-refractivity contribution >= 4 is 11.7 Å². The third kappa shape index (κ3) is 1.59. The van der Waals surface area contributed by atoms with E-state index in [-0.39, 0.29) is 5.56 Å². The van der Waals surface area contributed by atoms with Crippen molar-refractivity contribution in [1.82, 2.24) is 0 Å². The Hall–Kier alpha value is -1.58. The van der Waals surface area contributed by atoms with E-state index in [1.165, 1.54) is 25.3 Å². The molecule has 0 unspecified atom stereocenters. The average molecular weight is 235 g/mol. The van der Waals surface area contributed by atoms with Gasteiger partial charge in [-0.1, -0.05) is 6.42 Å². The van der Waals surface area contributed by atoms with Crippen LogP contribution in [0, 0.1) is 11.2 Å². The van der Waals surface area contributed by atoms with Crippen molar-refractivity contribution in [3.05, 3.63) is 29.6 Å². The van der Waals surface area contributed by atoms with Crippen LogP contribution in [0.25, 0.3) is 0 Å². The number of halogens is 1. The van der Waals surface area contributed by atoms with E-state index in [2.05, 4.69) is 0 Å². The average Bonchev–Trinajstić information content (AvgIpc) is 2.15. The third-order valence-electron chi connectivity index (χ3n) is 4.00. The molecule has 0 radical (unpaired) electrons. The molecule has 1 aromatic rings. The second kappa shape index (κ2) is 3.45. The van der Waals surface area contributed by atoms with Gasteiger partial charge in [-0.05, 0) is 31.0 Å². The van der Waals surface area contributed by atoms with Crippen LogP contribution in [-0.4, -0.2) is 24.2 Å². The highest BCUT2D eigenvalue weighted by atomic mass is 19.1. The zero-order valence-electron chi connectivity index (χ0n) is 9.45. The lowest BCUT2D eigenvalue weighted by atomic mass is 9.63. The number of hydrogen-bond donors (Lipinski definition) is 1. The molecule has 0 aromatic heterocycles. The number of hydrogen-bond acceptors (Lipinski definition) is 2. The Morgan fingerprint density at radius 1 is 1.35 bits per heavy atom. The molecule has 1 aliphatic heterocycles. The Morgan fingerprint density at radius 2 is 2.06 bits per heavy atom. The molecule has 90 valence electrons. The first-order valence-corrected chi connectivity index (χ1v) is 5.88. The molecule has 1 aliphatic carbocycles. The van der Waals surface area contributed by atoms with E-state index in [4.69, 9.17) is 5.11 Å². The second-order valence-corrected chi connectivity index (χ2v) is 5.18. The summed E-state index contributed by atoms with van der Waals surface area (Å²) in [6, 6.07) is 4.00. The van der Waals surface area contributed by atoms with Gasteiger partial charge in [0.25, 0.3) is 0 Å². The lowest BCUT2D eigenvalue weighted by Crippen LogP contribution is -2.60. The van der Waals surface area contributed by atoms with Gasteiger partial charge in [0.2, 0.25) is 0 Å². The summed E-state index contributed by atoms with van der Waals surface area (Å²) in [7, 11) is 0. The second-order valence-electron chi connectivity index (χ2n) is 5.18. The first-order valence-electron chi connectivity index (χ1n) is 5.88. The molecule has 0 amide bonds. The molecule has 1 aromatic carbocycles. The summed E-state index contributed by atoms with van der Waals surface area (Å²) in [5.74, 6) is -1.56. The predicted molar refractivity (Wildman–Crippen MR) is 61.9 cm³/mol. The van der Waals surface area contributed by atoms with Crippen LogP contribution in [0.3, 0.4) is 0 Å². The van der Waals surface area contributed by atoms with Gasteiger partial charge in [-0.25, -0.2) is 9.18 Å². The zero-order valence-corrected chi connectivity index (χ0v) is 9.45. The van der Waals surface area contributed by atoms with Crippen LogP contribution in [0.15, 0.2) is 18.2 Å². The summed E-state index contributed by atoms with van der Waals surface area (Å²) < 4.78 is 13.0. The highest BCUT2D eigenvalue weighted by Crippen LogP contribution is 2.49. The SMILES string of the molecule is O=C(O)c1cc(F)ccc1N1CC2(CCC2)C1. The predicted octanol–water partition coefficient (Wildman–Crippen LogP) is 2.51. The summed E-state index contributed by atoms with van der Waals surface area (Å²) in [5, 5.41) is 9.07. The number of anilines is 1.